The van der Waals surface area contributed by atoms with E-state index in [1.807, 2.05) is 35.6 Å². The molecular formula is C13H11ClN4O. The molecule has 5 nitrogen and oxygen atoms in total. The molecule has 6 heteroatoms. The maximum atomic E-state index is 5.97. The minimum atomic E-state index is 0.340. The van der Waals surface area contributed by atoms with Crippen LogP contribution in [0.2, 0.25) is 5.15 Å². The van der Waals surface area contributed by atoms with Crippen molar-refractivity contribution in [3.8, 4) is 17.1 Å². The fourth-order valence-corrected chi connectivity index (χ4v) is 2.05. The quantitative estimate of drug-likeness (QED) is 0.737. The SMILES string of the molecule is CCOc1ccc(-c2nnc3c(Cl)nccn23)cc1. The largest absolute Gasteiger partial charge is 0.494 e. The number of ether oxygens (including phenoxy) is 1. The fourth-order valence-electron chi connectivity index (χ4n) is 1.86. The average Bonchev–Trinajstić information content (AvgIpc) is 2.85. The zero-order valence-corrected chi connectivity index (χ0v) is 11.0. The van der Waals surface area contributed by atoms with Gasteiger partial charge in [-0.2, -0.15) is 0 Å². The summed E-state index contributed by atoms with van der Waals surface area (Å²) in [5.41, 5.74) is 1.49. The summed E-state index contributed by atoms with van der Waals surface area (Å²) in [6.45, 7) is 2.60. The van der Waals surface area contributed by atoms with Crippen LogP contribution in [0.4, 0.5) is 0 Å². The summed E-state index contributed by atoms with van der Waals surface area (Å²) in [5.74, 6) is 1.56. The standard InChI is InChI=1S/C13H11ClN4O/c1-2-19-10-5-3-9(4-6-10)12-16-17-13-11(14)15-7-8-18(12)13/h3-8H,2H2,1H3. The number of nitrogens with zero attached hydrogens (tertiary/aromatic N) is 4. The van der Waals surface area contributed by atoms with Crippen molar-refractivity contribution in [3.05, 3.63) is 41.8 Å². The monoisotopic (exact) mass is 274 g/mol. The van der Waals surface area contributed by atoms with Gasteiger partial charge < -0.3 is 4.74 Å². The van der Waals surface area contributed by atoms with Crippen molar-refractivity contribution in [2.75, 3.05) is 6.61 Å². The predicted molar refractivity (Wildman–Crippen MR) is 72.4 cm³/mol. The Balaban J connectivity index is 2.06. The first-order valence-electron chi connectivity index (χ1n) is 5.88. The van der Waals surface area contributed by atoms with E-state index in [9.17, 15) is 0 Å². The zero-order chi connectivity index (χ0) is 13.2. The molecule has 0 aliphatic rings. The van der Waals surface area contributed by atoms with Gasteiger partial charge in [-0.05, 0) is 31.2 Å². The first-order valence-corrected chi connectivity index (χ1v) is 6.26. The number of benzene rings is 1. The molecule has 3 aromatic rings. The van der Waals surface area contributed by atoms with Crippen LogP contribution in [0, 0.1) is 0 Å². The Morgan fingerprint density at radius 2 is 2.00 bits per heavy atom. The molecule has 0 saturated carbocycles. The summed E-state index contributed by atoms with van der Waals surface area (Å²) in [7, 11) is 0. The third-order valence-electron chi connectivity index (χ3n) is 2.71. The topological polar surface area (TPSA) is 52.3 Å². The molecule has 0 radical (unpaired) electrons. The molecule has 0 amide bonds. The van der Waals surface area contributed by atoms with E-state index in [0.717, 1.165) is 17.1 Å². The van der Waals surface area contributed by atoms with E-state index in [-0.39, 0.29) is 0 Å². The molecule has 3 rings (SSSR count). The summed E-state index contributed by atoms with van der Waals surface area (Å²) < 4.78 is 7.22. The first-order chi connectivity index (χ1) is 9.29. The molecule has 0 atom stereocenters. The molecule has 2 aromatic heterocycles. The van der Waals surface area contributed by atoms with Gasteiger partial charge in [0.25, 0.3) is 0 Å². The highest BCUT2D eigenvalue weighted by atomic mass is 35.5. The molecular weight excluding hydrogens is 264 g/mol. The van der Waals surface area contributed by atoms with Gasteiger partial charge in [0.2, 0.25) is 0 Å². The first kappa shape index (κ1) is 11.9. The second kappa shape index (κ2) is 4.85. The van der Waals surface area contributed by atoms with Crippen molar-refractivity contribution < 1.29 is 4.74 Å². The molecule has 0 unspecified atom stereocenters. The van der Waals surface area contributed by atoms with Gasteiger partial charge in [0.1, 0.15) is 5.75 Å². The van der Waals surface area contributed by atoms with Gasteiger partial charge in [-0.25, -0.2) is 4.98 Å². The maximum Gasteiger partial charge on any atom is 0.198 e. The number of fused-ring (bicyclic) bond motifs is 1. The van der Waals surface area contributed by atoms with Gasteiger partial charge in [0, 0.05) is 18.0 Å². The molecule has 0 aliphatic carbocycles. The van der Waals surface area contributed by atoms with Crippen molar-refractivity contribution in [1.82, 2.24) is 19.6 Å². The molecule has 0 N–H and O–H groups in total. The highest BCUT2D eigenvalue weighted by Gasteiger charge is 2.10. The van der Waals surface area contributed by atoms with E-state index in [0.29, 0.717) is 17.4 Å². The van der Waals surface area contributed by atoms with Gasteiger partial charge in [0.15, 0.2) is 16.6 Å². The fraction of sp³-hybridized carbons (Fsp3) is 0.154. The molecule has 0 bridgehead atoms. The maximum absolute atomic E-state index is 5.97. The number of aromatic nitrogens is 4. The van der Waals surface area contributed by atoms with Crippen molar-refractivity contribution in [3.63, 3.8) is 0 Å². The summed E-state index contributed by atoms with van der Waals surface area (Å²) in [5, 5.41) is 8.53. The van der Waals surface area contributed by atoms with Crippen LogP contribution in [0.5, 0.6) is 5.75 Å². The van der Waals surface area contributed by atoms with E-state index < -0.39 is 0 Å². The molecule has 2 heterocycles. The molecule has 1 aromatic carbocycles. The van der Waals surface area contributed by atoms with Crippen molar-refractivity contribution in [1.29, 1.82) is 0 Å². The van der Waals surface area contributed by atoms with E-state index in [2.05, 4.69) is 15.2 Å². The summed E-state index contributed by atoms with van der Waals surface area (Å²) in [6.07, 6.45) is 3.41. The second-order valence-electron chi connectivity index (χ2n) is 3.89. The number of rotatable bonds is 3. The molecule has 0 aliphatic heterocycles. The Bertz CT molecular complexity index is 708. The number of hydrogen-bond acceptors (Lipinski definition) is 4. The Morgan fingerprint density at radius 1 is 1.21 bits per heavy atom. The molecule has 96 valence electrons. The van der Waals surface area contributed by atoms with Crippen molar-refractivity contribution in [2.24, 2.45) is 0 Å². The smallest absolute Gasteiger partial charge is 0.198 e. The molecule has 0 saturated heterocycles. The molecule has 0 spiro atoms. The third kappa shape index (κ3) is 2.13. The van der Waals surface area contributed by atoms with Crippen molar-refractivity contribution in [2.45, 2.75) is 6.92 Å². The minimum Gasteiger partial charge on any atom is -0.494 e. The zero-order valence-electron chi connectivity index (χ0n) is 10.2. The minimum absolute atomic E-state index is 0.340. The van der Waals surface area contributed by atoms with Crippen LogP contribution < -0.4 is 4.74 Å². The van der Waals surface area contributed by atoms with E-state index in [1.165, 1.54) is 0 Å². The second-order valence-corrected chi connectivity index (χ2v) is 4.25. The average molecular weight is 275 g/mol. The summed E-state index contributed by atoms with van der Waals surface area (Å²) in [6, 6.07) is 7.69. The van der Waals surface area contributed by atoms with E-state index >= 15 is 0 Å². The number of hydrogen-bond donors (Lipinski definition) is 0. The summed E-state index contributed by atoms with van der Waals surface area (Å²) >= 11 is 5.97. The van der Waals surface area contributed by atoms with Crippen LogP contribution in [0.15, 0.2) is 36.7 Å². The van der Waals surface area contributed by atoms with Crippen molar-refractivity contribution >= 4 is 17.2 Å². The van der Waals surface area contributed by atoms with E-state index in [1.54, 1.807) is 12.4 Å². The van der Waals surface area contributed by atoms with Crippen LogP contribution in [0.1, 0.15) is 6.92 Å². The Kier molecular flexibility index (Phi) is 3.05. The molecule has 19 heavy (non-hydrogen) atoms. The normalized spacial score (nSPS) is 10.8. The Morgan fingerprint density at radius 3 is 2.74 bits per heavy atom. The van der Waals surface area contributed by atoms with Crippen LogP contribution >= 0.6 is 11.6 Å². The molecule has 0 fully saturated rings. The van der Waals surface area contributed by atoms with Gasteiger partial charge in [-0.3, -0.25) is 4.40 Å². The van der Waals surface area contributed by atoms with Gasteiger partial charge in [-0.1, -0.05) is 11.6 Å². The lowest BCUT2D eigenvalue weighted by Crippen LogP contribution is -1.93. The number of halogens is 1. The van der Waals surface area contributed by atoms with Crippen LogP contribution in [-0.2, 0) is 0 Å². The van der Waals surface area contributed by atoms with Gasteiger partial charge >= 0.3 is 0 Å². The van der Waals surface area contributed by atoms with Gasteiger partial charge in [0.05, 0.1) is 6.61 Å². The highest BCUT2D eigenvalue weighted by Crippen LogP contribution is 2.23. The van der Waals surface area contributed by atoms with Crippen LogP contribution in [0.25, 0.3) is 17.0 Å². The third-order valence-corrected chi connectivity index (χ3v) is 2.97. The lowest BCUT2D eigenvalue weighted by Gasteiger charge is -2.04. The lowest BCUT2D eigenvalue weighted by molar-refractivity contribution is 0.340. The summed E-state index contributed by atoms with van der Waals surface area (Å²) in [4.78, 5) is 3.97. The lowest BCUT2D eigenvalue weighted by atomic mass is 10.2. The van der Waals surface area contributed by atoms with Gasteiger partial charge in [-0.15, -0.1) is 10.2 Å². The Hall–Kier alpha value is -2.14. The highest BCUT2D eigenvalue weighted by molar-refractivity contribution is 6.32. The van der Waals surface area contributed by atoms with Crippen LogP contribution in [0.3, 0.4) is 0 Å². The predicted octanol–water partition coefficient (Wildman–Crippen LogP) is 2.84. The van der Waals surface area contributed by atoms with Crippen LogP contribution in [-0.4, -0.2) is 26.2 Å². The Labute approximate surface area is 114 Å². The van der Waals surface area contributed by atoms with E-state index in [4.69, 9.17) is 16.3 Å².